The maximum absolute atomic E-state index is 11.8. The zero-order chi connectivity index (χ0) is 13.4. The van der Waals surface area contributed by atoms with Gasteiger partial charge in [-0.1, -0.05) is 0 Å². The van der Waals surface area contributed by atoms with Crippen molar-refractivity contribution in [1.29, 1.82) is 0 Å². The number of aryl methyl sites for hydroxylation is 1. The van der Waals surface area contributed by atoms with Crippen LogP contribution in [0.4, 0.5) is 4.79 Å². The van der Waals surface area contributed by atoms with Crippen molar-refractivity contribution in [1.82, 2.24) is 14.4 Å². The summed E-state index contributed by atoms with van der Waals surface area (Å²) in [5, 5.41) is 0. The van der Waals surface area contributed by atoms with Gasteiger partial charge < -0.3 is 4.57 Å². The highest BCUT2D eigenvalue weighted by Crippen LogP contribution is 2.11. The number of carbonyl (C=O) groups is 4. The first kappa shape index (κ1) is 12.0. The molecule has 0 N–H and O–H groups in total. The van der Waals surface area contributed by atoms with E-state index in [2.05, 4.69) is 0 Å². The summed E-state index contributed by atoms with van der Waals surface area (Å²) in [5.41, 5.74) is 0.389. The third-order valence-corrected chi connectivity index (χ3v) is 2.71. The molecule has 4 amide bonds. The fraction of sp³-hybridized carbons (Fsp3) is 0.273. The first-order valence-corrected chi connectivity index (χ1v) is 5.20. The number of ketones is 1. The van der Waals surface area contributed by atoms with E-state index < -0.39 is 24.4 Å². The minimum atomic E-state index is -0.966. The van der Waals surface area contributed by atoms with Crippen molar-refractivity contribution in [2.45, 2.75) is 0 Å². The molecule has 18 heavy (non-hydrogen) atoms. The Kier molecular flexibility index (Phi) is 2.74. The second kappa shape index (κ2) is 4.10. The Bertz CT molecular complexity index is 560. The van der Waals surface area contributed by atoms with Crippen molar-refractivity contribution in [2.24, 2.45) is 7.05 Å². The molecule has 1 fully saturated rings. The molecule has 0 radical (unpaired) electrons. The molecule has 94 valence electrons. The lowest BCUT2D eigenvalue weighted by Crippen LogP contribution is -2.36. The van der Waals surface area contributed by atoms with Gasteiger partial charge in [-0.25, -0.2) is 9.69 Å². The van der Waals surface area contributed by atoms with E-state index in [0.29, 0.717) is 15.4 Å². The summed E-state index contributed by atoms with van der Waals surface area (Å²) in [6, 6.07) is 0.813. The molecular formula is C11H11N3O4. The van der Waals surface area contributed by atoms with Gasteiger partial charge >= 0.3 is 17.8 Å². The van der Waals surface area contributed by atoms with Crippen molar-refractivity contribution >= 4 is 23.6 Å². The number of aromatic nitrogens is 1. The number of urea groups is 1. The van der Waals surface area contributed by atoms with Gasteiger partial charge in [-0.15, -0.1) is 0 Å². The highest BCUT2D eigenvalue weighted by Gasteiger charge is 2.42. The fourth-order valence-corrected chi connectivity index (χ4v) is 1.66. The lowest BCUT2D eigenvalue weighted by Gasteiger charge is -2.10. The van der Waals surface area contributed by atoms with Crippen LogP contribution in [0.1, 0.15) is 10.4 Å². The minimum absolute atomic E-state index is 0.389. The molecule has 2 heterocycles. The van der Waals surface area contributed by atoms with Gasteiger partial charge in [0.1, 0.15) is 0 Å². The minimum Gasteiger partial charge on any atom is -0.357 e. The molecule has 7 heteroatoms. The van der Waals surface area contributed by atoms with Crippen LogP contribution < -0.4 is 0 Å². The van der Waals surface area contributed by atoms with Crippen molar-refractivity contribution < 1.29 is 19.2 Å². The number of imide groups is 2. The predicted octanol–water partition coefficient (Wildman–Crippen LogP) is -0.372. The van der Waals surface area contributed by atoms with Crippen molar-refractivity contribution in [3.05, 3.63) is 24.0 Å². The summed E-state index contributed by atoms with van der Waals surface area (Å²) in [4.78, 5) is 47.4. The monoisotopic (exact) mass is 249 g/mol. The Labute approximate surface area is 103 Å². The predicted molar refractivity (Wildman–Crippen MR) is 59.6 cm³/mol. The molecular weight excluding hydrogens is 238 g/mol. The number of likely N-dealkylation sites (N-methyl/N-ethyl adjacent to an activating group) is 1. The van der Waals surface area contributed by atoms with E-state index in [1.807, 2.05) is 0 Å². The van der Waals surface area contributed by atoms with Crippen molar-refractivity contribution in [3.8, 4) is 0 Å². The first-order valence-electron chi connectivity index (χ1n) is 5.20. The number of rotatable bonds is 3. The summed E-state index contributed by atoms with van der Waals surface area (Å²) in [6.07, 6.45) is 3.26. The number of amides is 4. The molecule has 0 atom stereocenters. The van der Waals surface area contributed by atoms with Crippen LogP contribution in [0.3, 0.4) is 0 Å². The molecule has 0 aliphatic carbocycles. The molecule has 0 unspecified atom stereocenters. The standard InChI is InChI=1S/C11H11N3O4/c1-12-4-3-7(5-12)8(15)6-14-10(17)9(16)13(2)11(14)18/h3-5H,6H2,1-2H3. The molecule has 0 spiro atoms. The summed E-state index contributed by atoms with van der Waals surface area (Å²) >= 11 is 0. The van der Waals surface area contributed by atoms with E-state index in [1.54, 1.807) is 30.1 Å². The number of nitrogens with zero attached hydrogens (tertiary/aromatic N) is 3. The second-order valence-electron chi connectivity index (χ2n) is 4.03. The molecule has 0 saturated carbocycles. The molecule has 2 rings (SSSR count). The summed E-state index contributed by atoms with van der Waals surface area (Å²) < 4.78 is 1.68. The van der Waals surface area contributed by atoms with Crippen molar-refractivity contribution in [3.63, 3.8) is 0 Å². The summed E-state index contributed by atoms with van der Waals surface area (Å²) in [5.74, 6) is -2.27. The lowest BCUT2D eigenvalue weighted by atomic mass is 10.2. The largest absolute Gasteiger partial charge is 0.357 e. The van der Waals surface area contributed by atoms with Gasteiger partial charge in [-0.05, 0) is 6.07 Å². The Hall–Kier alpha value is -2.44. The Morgan fingerprint density at radius 2 is 1.83 bits per heavy atom. The van der Waals surface area contributed by atoms with E-state index in [4.69, 9.17) is 0 Å². The van der Waals surface area contributed by atoms with E-state index in [1.165, 1.54) is 7.05 Å². The fourth-order valence-electron chi connectivity index (χ4n) is 1.66. The number of Topliss-reactive ketones (excluding diaryl/α,β-unsaturated/α-hetero) is 1. The van der Waals surface area contributed by atoms with E-state index in [9.17, 15) is 19.2 Å². The van der Waals surface area contributed by atoms with Gasteiger partial charge in [0.15, 0.2) is 5.78 Å². The number of carbonyl (C=O) groups excluding carboxylic acids is 4. The topological polar surface area (TPSA) is 79.7 Å². The van der Waals surface area contributed by atoms with Gasteiger partial charge in [-0.3, -0.25) is 19.3 Å². The van der Waals surface area contributed by atoms with Gasteiger partial charge in [0.2, 0.25) is 0 Å². The quantitative estimate of drug-likeness (QED) is 0.416. The van der Waals surface area contributed by atoms with E-state index in [0.717, 1.165) is 0 Å². The Morgan fingerprint density at radius 1 is 1.17 bits per heavy atom. The van der Waals surface area contributed by atoms with Gasteiger partial charge in [0.25, 0.3) is 0 Å². The molecule has 1 aromatic rings. The van der Waals surface area contributed by atoms with Crippen LogP contribution in [0.5, 0.6) is 0 Å². The zero-order valence-corrected chi connectivity index (χ0v) is 9.91. The third kappa shape index (κ3) is 1.79. The van der Waals surface area contributed by atoms with E-state index >= 15 is 0 Å². The van der Waals surface area contributed by atoms with Crippen LogP contribution in [0.25, 0.3) is 0 Å². The molecule has 0 aromatic carbocycles. The van der Waals surface area contributed by atoms with Crippen molar-refractivity contribution in [2.75, 3.05) is 13.6 Å². The molecule has 7 nitrogen and oxygen atoms in total. The third-order valence-electron chi connectivity index (χ3n) is 2.71. The maximum atomic E-state index is 11.8. The van der Waals surface area contributed by atoms with E-state index in [-0.39, 0.29) is 5.78 Å². The number of hydrogen-bond donors (Lipinski definition) is 0. The Balaban J connectivity index is 2.15. The molecule has 1 aliphatic rings. The molecule has 0 bridgehead atoms. The average molecular weight is 249 g/mol. The van der Waals surface area contributed by atoms with Crippen LogP contribution in [0.15, 0.2) is 18.5 Å². The Morgan fingerprint density at radius 3 is 2.28 bits per heavy atom. The van der Waals surface area contributed by atoms with Crippen LogP contribution in [0, 0.1) is 0 Å². The molecule has 1 saturated heterocycles. The van der Waals surface area contributed by atoms with Crippen LogP contribution in [-0.2, 0) is 16.6 Å². The highest BCUT2D eigenvalue weighted by atomic mass is 16.2. The van der Waals surface area contributed by atoms with Gasteiger partial charge in [0.05, 0.1) is 6.54 Å². The normalized spacial score (nSPS) is 15.8. The maximum Gasteiger partial charge on any atom is 0.334 e. The number of hydrogen-bond acceptors (Lipinski definition) is 4. The summed E-state index contributed by atoms with van der Waals surface area (Å²) in [7, 11) is 2.95. The zero-order valence-electron chi connectivity index (χ0n) is 9.91. The second-order valence-corrected chi connectivity index (χ2v) is 4.03. The first-order chi connectivity index (χ1) is 8.41. The lowest BCUT2D eigenvalue weighted by molar-refractivity contribution is -0.142. The molecule has 1 aliphatic heterocycles. The van der Waals surface area contributed by atoms with Crippen LogP contribution in [-0.4, -0.2) is 51.6 Å². The average Bonchev–Trinajstić information content (AvgIpc) is 2.84. The smallest absolute Gasteiger partial charge is 0.334 e. The van der Waals surface area contributed by atoms with Gasteiger partial charge in [0, 0.05) is 32.1 Å². The summed E-state index contributed by atoms with van der Waals surface area (Å²) in [6.45, 7) is -0.419. The highest BCUT2D eigenvalue weighted by molar-refractivity contribution is 6.45. The van der Waals surface area contributed by atoms with Crippen LogP contribution in [0.2, 0.25) is 0 Å². The van der Waals surface area contributed by atoms with Crippen LogP contribution >= 0.6 is 0 Å². The molecule has 1 aromatic heterocycles. The van der Waals surface area contributed by atoms with Gasteiger partial charge in [-0.2, -0.15) is 0 Å². The SMILES string of the molecule is CN1C(=O)C(=O)N(CC(=O)c2ccn(C)c2)C1=O.